The van der Waals surface area contributed by atoms with Crippen molar-refractivity contribution in [3.05, 3.63) is 94.7 Å². The lowest BCUT2D eigenvalue weighted by molar-refractivity contribution is -0.159. The molecule has 320 valence electrons. The number of nitrogens with one attached hydrogen (secondary N) is 1. The van der Waals surface area contributed by atoms with E-state index < -0.39 is 35.6 Å². The van der Waals surface area contributed by atoms with Crippen LogP contribution in [-0.2, 0) is 9.59 Å². The average Bonchev–Trinajstić information content (AvgIpc) is 3.50. The molecule has 4 aliphatic heterocycles. The molecule has 3 aromatic carbocycles. The lowest BCUT2D eigenvalue weighted by Crippen LogP contribution is -2.64. The van der Waals surface area contributed by atoms with Gasteiger partial charge in [0.1, 0.15) is 24.0 Å². The number of hydrogen-bond donors (Lipinski definition) is 2. The molecule has 1 aromatic heterocycles. The van der Waals surface area contributed by atoms with Gasteiger partial charge in [-0.15, -0.1) is 0 Å². The number of carbonyl (C=O) groups is 5. The van der Waals surface area contributed by atoms with Gasteiger partial charge >= 0.3 is 0 Å². The van der Waals surface area contributed by atoms with Crippen molar-refractivity contribution in [1.82, 2.24) is 20.1 Å². The van der Waals surface area contributed by atoms with E-state index in [1.165, 1.54) is 0 Å². The zero-order valence-corrected chi connectivity index (χ0v) is 35.6. The predicted octanol–water partition coefficient (Wildman–Crippen LogP) is 5.24. The number of rotatable bonds is 9. The van der Waals surface area contributed by atoms with Crippen LogP contribution >= 0.6 is 0 Å². The number of nitrogens with zero attached hydrogens (tertiary/aromatic N) is 6. The number of fused-ring (bicyclic) bond motifs is 2. The number of piperidine rings is 2. The molecule has 62 heavy (non-hydrogen) atoms. The number of primary amides is 1. The lowest BCUT2D eigenvalue weighted by Gasteiger charge is -2.63. The van der Waals surface area contributed by atoms with Gasteiger partial charge in [0.25, 0.3) is 11.8 Å². The van der Waals surface area contributed by atoms with Crippen LogP contribution in [0.25, 0.3) is 10.9 Å². The number of carbonyl (C=O) groups excluding carboxylic acids is 5. The molecule has 0 radical (unpaired) electrons. The second-order valence-corrected chi connectivity index (χ2v) is 18.7. The third-order valence-corrected chi connectivity index (χ3v) is 14.2. The van der Waals surface area contributed by atoms with Gasteiger partial charge in [-0.25, -0.2) is 0 Å². The molecule has 0 bridgehead atoms. The number of ether oxygens (including phenoxy) is 1. The topological polar surface area (TPSA) is 182 Å². The summed E-state index contributed by atoms with van der Waals surface area (Å²) in [5, 5.41) is 12.7. The number of imide groups is 2. The number of benzene rings is 3. The number of anilines is 2. The van der Waals surface area contributed by atoms with Gasteiger partial charge in [0.05, 0.1) is 22.2 Å². The molecule has 5 aliphatic rings. The van der Waals surface area contributed by atoms with Crippen LogP contribution in [0.15, 0.2) is 66.9 Å². The van der Waals surface area contributed by atoms with E-state index >= 15 is 0 Å². The summed E-state index contributed by atoms with van der Waals surface area (Å²) < 4.78 is 6.82. The van der Waals surface area contributed by atoms with Crippen molar-refractivity contribution in [1.29, 1.82) is 5.26 Å². The van der Waals surface area contributed by atoms with Crippen LogP contribution in [0.2, 0.25) is 0 Å². The van der Waals surface area contributed by atoms with Crippen LogP contribution in [0.4, 0.5) is 11.4 Å². The quantitative estimate of drug-likeness (QED) is 0.210. The Morgan fingerprint density at radius 1 is 0.855 bits per heavy atom. The summed E-state index contributed by atoms with van der Waals surface area (Å²) in [7, 11) is 0. The standard InChI is InChI=1S/C48H52N8O6/c1-47(2)41(48(3,4)46(47)62-38-13-7-29(26-49)40-34(38)6-5-17-51-40)35-24-30(8-10-32(35)42(50)58)54-18-15-28(16-19-54)27-53-20-22-55(23-21-53)31-9-11-33-36(25-31)45(61)56(44(33)60)37-12-14-39(57)52-43(37)59/h5-11,13,17,24-25,28,37,41,46H,12,14-16,18-23,27H2,1-4H3,(H2,50,58)(H,52,57,59). The number of amides is 5. The largest absolute Gasteiger partial charge is 0.489 e. The smallest absolute Gasteiger partial charge is 0.262 e. The van der Waals surface area contributed by atoms with E-state index in [0.717, 1.165) is 85.9 Å². The first-order valence-electron chi connectivity index (χ1n) is 21.6. The van der Waals surface area contributed by atoms with E-state index in [9.17, 15) is 29.2 Å². The van der Waals surface area contributed by atoms with Gasteiger partial charge in [0, 0.05) is 97.5 Å². The number of pyridine rings is 1. The van der Waals surface area contributed by atoms with E-state index in [-0.39, 0.29) is 41.3 Å². The first kappa shape index (κ1) is 41.0. The van der Waals surface area contributed by atoms with Crippen molar-refractivity contribution in [3.63, 3.8) is 0 Å². The maximum Gasteiger partial charge on any atom is 0.262 e. The first-order valence-corrected chi connectivity index (χ1v) is 21.6. The van der Waals surface area contributed by atoms with E-state index in [1.807, 2.05) is 36.4 Å². The maximum atomic E-state index is 13.4. The molecule has 1 atom stereocenters. The van der Waals surface area contributed by atoms with Gasteiger partial charge in [0.2, 0.25) is 17.7 Å². The van der Waals surface area contributed by atoms with Crippen molar-refractivity contribution in [2.75, 3.05) is 55.6 Å². The fourth-order valence-corrected chi connectivity index (χ4v) is 11.5. The van der Waals surface area contributed by atoms with Crippen molar-refractivity contribution in [3.8, 4) is 11.8 Å². The van der Waals surface area contributed by atoms with Gasteiger partial charge in [-0.05, 0) is 91.4 Å². The minimum absolute atomic E-state index is 0.0197. The molecule has 1 aliphatic carbocycles. The Balaban J connectivity index is 0.819. The molecule has 0 spiro atoms. The van der Waals surface area contributed by atoms with Crippen LogP contribution < -0.4 is 25.6 Å². The van der Waals surface area contributed by atoms with E-state index in [1.54, 1.807) is 24.4 Å². The van der Waals surface area contributed by atoms with Crippen molar-refractivity contribution >= 4 is 51.8 Å². The molecule has 5 amide bonds. The summed E-state index contributed by atoms with van der Waals surface area (Å²) in [5.74, 6) is -1.24. The van der Waals surface area contributed by atoms with Crippen LogP contribution in [0.5, 0.6) is 5.75 Å². The van der Waals surface area contributed by atoms with Crippen molar-refractivity contribution in [2.24, 2.45) is 22.5 Å². The highest BCUT2D eigenvalue weighted by Gasteiger charge is 2.64. The third kappa shape index (κ3) is 6.92. The summed E-state index contributed by atoms with van der Waals surface area (Å²) >= 11 is 0. The number of hydrogen-bond acceptors (Lipinski definition) is 11. The minimum Gasteiger partial charge on any atom is -0.489 e. The van der Waals surface area contributed by atoms with Crippen LogP contribution in [0.3, 0.4) is 0 Å². The number of nitrogens with two attached hydrogens (primary N) is 1. The summed E-state index contributed by atoms with van der Waals surface area (Å²) in [4.78, 5) is 76.3. The third-order valence-electron chi connectivity index (χ3n) is 14.2. The lowest BCUT2D eigenvalue weighted by atomic mass is 9.43. The summed E-state index contributed by atoms with van der Waals surface area (Å²) in [5.41, 5.74) is 10.5. The van der Waals surface area contributed by atoms with Crippen LogP contribution in [-0.4, -0.2) is 102 Å². The number of nitriles is 1. The monoisotopic (exact) mass is 836 g/mol. The van der Waals surface area contributed by atoms with Gasteiger partial charge in [0.15, 0.2) is 0 Å². The molecule has 4 aromatic rings. The Bertz CT molecular complexity index is 2550. The van der Waals surface area contributed by atoms with Crippen LogP contribution in [0.1, 0.15) is 101 Å². The zero-order chi connectivity index (χ0) is 43.7. The molecule has 14 heteroatoms. The molecular formula is C48H52N8O6. The first-order chi connectivity index (χ1) is 29.7. The van der Waals surface area contributed by atoms with Gasteiger partial charge in [-0.3, -0.25) is 44.1 Å². The second kappa shape index (κ2) is 15.5. The number of aromatic nitrogens is 1. The molecule has 1 saturated carbocycles. The van der Waals surface area contributed by atoms with E-state index in [2.05, 4.69) is 64.8 Å². The SMILES string of the molecule is CC1(C)C(Oc2ccc(C#N)c3ncccc23)C(C)(C)C1c1cc(N2CCC(CN3CCN(c4ccc5c(c4)C(=O)N(C4CCC(=O)NC4=O)C5=O)CC3)CC2)ccc1C(N)=O. The fraction of sp³-hybridized carbons (Fsp3) is 0.438. The van der Waals surface area contributed by atoms with Crippen LogP contribution in [0, 0.1) is 28.1 Å². The molecule has 1 unspecified atom stereocenters. The molecule has 4 fully saturated rings. The zero-order valence-electron chi connectivity index (χ0n) is 35.6. The molecule has 14 nitrogen and oxygen atoms in total. The van der Waals surface area contributed by atoms with Gasteiger partial charge in [-0.2, -0.15) is 5.26 Å². The Kier molecular flexibility index (Phi) is 10.3. The Morgan fingerprint density at radius 3 is 2.23 bits per heavy atom. The molecule has 3 N–H and O–H groups in total. The summed E-state index contributed by atoms with van der Waals surface area (Å²) in [6.07, 6.45) is 3.79. The highest BCUT2D eigenvalue weighted by Crippen LogP contribution is 2.66. The number of piperazine rings is 1. The Hall–Kier alpha value is -6.33. The second-order valence-electron chi connectivity index (χ2n) is 18.7. The average molecular weight is 837 g/mol. The van der Waals surface area contributed by atoms with Gasteiger partial charge < -0.3 is 20.3 Å². The summed E-state index contributed by atoms with van der Waals surface area (Å²) in [6, 6.07) is 20.1. The fourth-order valence-electron chi connectivity index (χ4n) is 11.5. The molecule has 3 saturated heterocycles. The molecular weight excluding hydrogens is 785 g/mol. The summed E-state index contributed by atoms with van der Waals surface area (Å²) in [6.45, 7) is 14.9. The molecule has 5 heterocycles. The van der Waals surface area contributed by atoms with Crippen molar-refractivity contribution in [2.45, 2.75) is 71.4 Å². The maximum absolute atomic E-state index is 13.4. The van der Waals surface area contributed by atoms with E-state index in [0.29, 0.717) is 33.9 Å². The van der Waals surface area contributed by atoms with E-state index in [4.69, 9.17) is 10.5 Å². The highest BCUT2D eigenvalue weighted by molar-refractivity contribution is 6.23. The minimum atomic E-state index is -0.984. The predicted molar refractivity (Wildman–Crippen MR) is 233 cm³/mol. The van der Waals surface area contributed by atoms with Gasteiger partial charge in [-0.1, -0.05) is 27.7 Å². The highest BCUT2D eigenvalue weighted by atomic mass is 16.5. The Labute approximate surface area is 361 Å². The normalized spacial score (nSPS) is 23.8. The molecule has 9 rings (SSSR count). The Morgan fingerprint density at radius 2 is 1.53 bits per heavy atom. The van der Waals surface area contributed by atoms with Crippen molar-refractivity contribution < 1.29 is 28.7 Å².